The minimum atomic E-state index is -0.581. The number of carbonyl (C=O) groups is 2. The Morgan fingerprint density at radius 3 is 2.87 bits per heavy atom. The number of thiazole rings is 1. The van der Waals surface area contributed by atoms with Crippen LogP contribution in [0, 0.1) is 0 Å². The predicted octanol–water partition coefficient (Wildman–Crippen LogP) is 3.86. The smallest absolute Gasteiger partial charge is 0.267 e. The van der Waals surface area contributed by atoms with E-state index in [4.69, 9.17) is 9.47 Å². The maximum Gasteiger partial charge on any atom is 0.267 e. The molecule has 1 aromatic heterocycles. The molecule has 0 unspecified atom stereocenters. The molecule has 0 spiro atoms. The molecule has 0 saturated heterocycles. The van der Waals surface area contributed by atoms with E-state index in [-0.39, 0.29) is 24.8 Å². The van der Waals surface area contributed by atoms with Crippen molar-refractivity contribution in [2.75, 3.05) is 16.8 Å². The third-order valence-corrected chi connectivity index (χ3v) is 5.29. The van der Waals surface area contributed by atoms with Gasteiger partial charge in [0.15, 0.2) is 6.10 Å². The van der Waals surface area contributed by atoms with Gasteiger partial charge in [0.2, 0.25) is 5.91 Å². The molecule has 1 aliphatic rings. The van der Waals surface area contributed by atoms with Gasteiger partial charge in [-0.05, 0) is 31.2 Å². The number of nitrogens with zero attached hydrogens (tertiary/aromatic N) is 2. The SMILES string of the molecule is C[C@@H]1Oc2ccccc2N(CCC(=O)Nc2ccccc2OCc2cscn2)C1=O. The van der Waals surface area contributed by atoms with Crippen LogP contribution in [0.4, 0.5) is 11.4 Å². The summed E-state index contributed by atoms with van der Waals surface area (Å²) in [5.41, 5.74) is 3.85. The van der Waals surface area contributed by atoms with Crippen LogP contribution >= 0.6 is 11.3 Å². The van der Waals surface area contributed by atoms with Crippen LogP contribution < -0.4 is 19.7 Å². The fraction of sp³-hybridized carbons (Fsp3) is 0.227. The zero-order chi connectivity index (χ0) is 20.9. The third-order valence-electron chi connectivity index (χ3n) is 4.66. The zero-order valence-corrected chi connectivity index (χ0v) is 17.2. The van der Waals surface area contributed by atoms with E-state index >= 15 is 0 Å². The highest BCUT2D eigenvalue weighted by Crippen LogP contribution is 2.33. The van der Waals surface area contributed by atoms with Crippen molar-refractivity contribution in [3.8, 4) is 11.5 Å². The van der Waals surface area contributed by atoms with Gasteiger partial charge in [0.25, 0.3) is 5.91 Å². The molecule has 7 nitrogen and oxygen atoms in total. The fourth-order valence-corrected chi connectivity index (χ4v) is 3.71. The van der Waals surface area contributed by atoms with Crippen molar-refractivity contribution in [1.82, 2.24) is 4.98 Å². The molecule has 4 rings (SSSR count). The van der Waals surface area contributed by atoms with Gasteiger partial charge in [0, 0.05) is 18.3 Å². The van der Waals surface area contributed by atoms with Crippen LogP contribution in [0.3, 0.4) is 0 Å². The number of hydrogen-bond acceptors (Lipinski definition) is 6. The Bertz CT molecular complexity index is 1040. The van der Waals surface area contributed by atoms with Gasteiger partial charge in [-0.3, -0.25) is 9.59 Å². The first-order valence-electron chi connectivity index (χ1n) is 9.57. The minimum absolute atomic E-state index is 0.146. The van der Waals surface area contributed by atoms with Crippen LogP contribution in [0.25, 0.3) is 0 Å². The van der Waals surface area contributed by atoms with Crippen LogP contribution in [-0.2, 0) is 16.2 Å². The summed E-state index contributed by atoms with van der Waals surface area (Å²) >= 11 is 1.50. The number of para-hydroxylation sites is 4. The van der Waals surface area contributed by atoms with Crippen molar-refractivity contribution >= 4 is 34.5 Å². The van der Waals surface area contributed by atoms with Gasteiger partial charge < -0.3 is 19.7 Å². The third kappa shape index (κ3) is 4.44. The maximum atomic E-state index is 12.6. The van der Waals surface area contributed by atoms with Gasteiger partial charge in [-0.2, -0.15) is 0 Å². The lowest BCUT2D eigenvalue weighted by Crippen LogP contribution is -2.45. The molecular formula is C22H21N3O4S. The lowest BCUT2D eigenvalue weighted by atomic mass is 10.1. The Morgan fingerprint density at radius 2 is 2.03 bits per heavy atom. The number of benzene rings is 2. The molecule has 1 atom stereocenters. The molecule has 0 saturated carbocycles. The first-order chi connectivity index (χ1) is 14.6. The highest BCUT2D eigenvalue weighted by atomic mass is 32.1. The van der Waals surface area contributed by atoms with Gasteiger partial charge in [-0.25, -0.2) is 4.98 Å². The average molecular weight is 423 g/mol. The second kappa shape index (κ2) is 8.96. The largest absolute Gasteiger partial charge is 0.485 e. The lowest BCUT2D eigenvalue weighted by Gasteiger charge is -2.32. The maximum absolute atomic E-state index is 12.6. The standard InChI is InChI=1S/C22H21N3O4S/c1-15-22(27)25(18-7-3-5-9-20(18)29-15)11-10-21(26)24-17-6-2-4-8-19(17)28-12-16-13-30-14-23-16/h2-9,13-15H,10-12H2,1H3,(H,24,26)/t15-/m0/s1. The van der Waals surface area contributed by atoms with Gasteiger partial charge in [-0.1, -0.05) is 24.3 Å². The molecule has 1 N–H and O–H groups in total. The number of anilines is 2. The van der Waals surface area contributed by atoms with Gasteiger partial charge in [0.05, 0.1) is 22.6 Å². The molecule has 3 aromatic rings. The Labute approximate surface area is 178 Å². The molecule has 0 fully saturated rings. The number of carbonyl (C=O) groups excluding carboxylic acids is 2. The molecule has 8 heteroatoms. The zero-order valence-electron chi connectivity index (χ0n) is 16.4. The summed E-state index contributed by atoms with van der Waals surface area (Å²) < 4.78 is 11.4. The molecule has 1 aliphatic heterocycles. The highest BCUT2D eigenvalue weighted by molar-refractivity contribution is 7.07. The lowest BCUT2D eigenvalue weighted by molar-refractivity contribution is -0.125. The Kier molecular flexibility index (Phi) is 5.94. The van der Waals surface area contributed by atoms with Crippen LogP contribution in [0.1, 0.15) is 19.0 Å². The van der Waals surface area contributed by atoms with E-state index in [0.717, 1.165) is 5.69 Å². The second-order valence-corrected chi connectivity index (χ2v) is 7.50. The summed E-state index contributed by atoms with van der Waals surface area (Å²) in [4.78, 5) is 30.9. The van der Waals surface area contributed by atoms with E-state index in [9.17, 15) is 9.59 Å². The van der Waals surface area contributed by atoms with Crippen molar-refractivity contribution in [1.29, 1.82) is 0 Å². The van der Waals surface area contributed by atoms with E-state index < -0.39 is 6.10 Å². The van der Waals surface area contributed by atoms with Crippen molar-refractivity contribution in [2.24, 2.45) is 0 Å². The normalized spacial score (nSPS) is 15.3. The summed E-state index contributed by atoms with van der Waals surface area (Å²) in [6.07, 6.45) is -0.435. The molecule has 2 heterocycles. The Hall–Kier alpha value is -3.39. The van der Waals surface area contributed by atoms with Gasteiger partial charge in [0.1, 0.15) is 18.1 Å². The Balaban J connectivity index is 1.39. The summed E-state index contributed by atoms with van der Waals surface area (Å²) in [5, 5.41) is 4.80. The van der Waals surface area contributed by atoms with Crippen LogP contribution in [-0.4, -0.2) is 29.4 Å². The second-order valence-electron chi connectivity index (χ2n) is 6.78. The quantitative estimate of drug-likeness (QED) is 0.624. The van der Waals surface area contributed by atoms with E-state index in [1.807, 2.05) is 41.8 Å². The monoisotopic (exact) mass is 423 g/mol. The highest BCUT2D eigenvalue weighted by Gasteiger charge is 2.31. The molecule has 2 amide bonds. The van der Waals surface area contributed by atoms with Crippen LogP contribution in [0.2, 0.25) is 0 Å². The van der Waals surface area contributed by atoms with Crippen LogP contribution in [0.15, 0.2) is 59.4 Å². The molecule has 2 aromatic carbocycles. The number of ether oxygens (including phenoxy) is 2. The fourth-order valence-electron chi connectivity index (χ4n) is 3.17. The first kappa shape index (κ1) is 19.9. The number of fused-ring (bicyclic) bond motifs is 1. The number of amides is 2. The van der Waals surface area contributed by atoms with Crippen molar-refractivity contribution in [3.63, 3.8) is 0 Å². The van der Waals surface area contributed by atoms with E-state index in [1.165, 1.54) is 11.3 Å². The van der Waals surface area contributed by atoms with Crippen molar-refractivity contribution in [3.05, 3.63) is 65.1 Å². The number of aromatic nitrogens is 1. The average Bonchev–Trinajstić information content (AvgIpc) is 3.27. The molecule has 30 heavy (non-hydrogen) atoms. The molecular weight excluding hydrogens is 402 g/mol. The molecule has 0 radical (unpaired) electrons. The molecule has 0 aliphatic carbocycles. The summed E-state index contributed by atoms with van der Waals surface area (Å²) in [6, 6.07) is 14.6. The van der Waals surface area contributed by atoms with E-state index in [0.29, 0.717) is 29.5 Å². The summed E-state index contributed by atoms with van der Waals surface area (Å²) in [6.45, 7) is 2.30. The summed E-state index contributed by atoms with van der Waals surface area (Å²) in [7, 11) is 0. The number of rotatable bonds is 7. The van der Waals surface area contributed by atoms with Crippen molar-refractivity contribution in [2.45, 2.75) is 26.1 Å². The minimum Gasteiger partial charge on any atom is -0.485 e. The number of hydrogen-bond donors (Lipinski definition) is 1. The molecule has 0 bridgehead atoms. The van der Waals surface area contributed by atoms with Gasteiger partial charge in [-0.15, -0.1) is 11.3 Å². The van der Waals surface area contributed by atoms with Gasteiger partial charge >= 0.3 is 0 Å². The number of nitrogens with one attached hydrogen (secondary N) is 1. The van der Waals surface area contributed by atoms with Crippen LogP contribution in [0.5, 0.6) is 11.5 Å². The van der Waals surface area contributed by atoms with E-state index in [2.05, 4.69) is 10.3 Å². The first-order valence-corrected chi connectivity index (χ1v) is 10.5. The topological polar surface area (TPSA) is 80.8 Å². The predicted molar refractivity (Wildman–Crippen MR) is 115 cm³/mol. The summed E-state index contributed by atoms with van der Waals surface area (Å²) in [5.74, 6) is 0.851. The van der Waals surface area contributed by atoms with Crippen molar-refractivity contribution < 1.29 is 19.1 Å². The van der Waals surface area contributed by atoms with E-state index in [1.54, 1.807) is 29.5 Å². The molecule has 154 valence electrons. The Morgan fingerprint density at radius 1 is 1.23 bits per heavy atom.